The zero-order valence-electron chi connectivity index (χ0n) is 12.1. The number of nitrogens with zero attached hydrogens (tertiary/aromatic N) is 2. The van der Waals surface area contributed by atoms with Crippen molar-refractivity contribution < 1.29 is 5.11 Å². The van der Waals surface area contributed by atoms with Crippen LogP contribution in [0.5, 0.6) is 0 Å². The first-order valence-corrected chi connectivity index (χ1v) is 7.01. The Morgan fingerprint density at radius 3 is 2.56 bits per heavy atom. The van der Waals surface area contributed by atoms with Crippen molar-refractivity contribution in [3.8, 4) is 0 Å². The number of rotatable bonds is 8. The number of aliphatic hydroxyl groups is 1. The third-order valence-corrected chi connectivity index (χ3v) is 2.95. The molecular weight excluding hydrogens is 226 g/mol. The van der Waals surface area contributed by atoms with Crippen molar-refractivity contribution in [2.45, 2.75) is 53.2 Å². The van der Waals surface area contributed by atoms with Gasteiger partial charge in [0.15, 0.2) is 0 Å². The summed E-state index contributed by atoms with van der Waals surface area (Å²) in [6.45, 7) is 10.7. The fourth-order valence-corrected chi connectivity index (χ4v) is 1.93. The van der Waals surface area contributed by atoms with E-state index in [9.17, 15) is 5.11 Å². The van der Waals surface area contributed by atoms with Gasteiger partial charge in [-0.3, -0.25) is 4.68 Å². The first-order chi connectivity index (χ1) is 8.56. The average Bonchev–Trinajstić information content (AvgIpc) is 2.70. The summed E-state index contributed by atoms with van der Waals surface area (Å²) >= 11 is 0. The van der Waals surface area contributed by atoms with Gasteiger partial charge in [-0.25, -0.2) is 0 Å². The van der Waals surface area contributed by atoms with Gasteiger partial charge in [-0.15, -0.1) is 0 Å². The average molecular weight is 253 g/mol. The molecule has 1 rings (SSSR count). The maximum atomic E-state index is 9.99. The lowest BCUT2D eigenvalue weighted by atomic mass is 10.2. The van der Waals surface area contributed by atoms with Crippen LogP contribution in [0.25, 0.3) is 0 Å². The Balaban J connectivity index is 2.47. The number of nitrogens with one attached hydrogen (secondary N) is 1. The SMILES string of the molecule is CCc1cc(CC)n(CC(O)CNCC(C)C)n1. The lowest BCUT2D eigenvalue weighted by molar-refractivity contribution is 0.144. The van der Waals surface area contributed by atoms with E-state index >= 15 is 0 Å². The molecule has 0 saturated carbocycles. The molecule has 0 bridgehead atoms. The van der Waals surface area contributed by atoms with Crippen LogP contribution in [0.2, 0.25) is 0 Å². The second-order valence-corrected chi connectivity index (χ2v) is 5.22. The zero-order valence-corrected chi connectivity index (χ0v) is 12.1. The summed E-state index contributed by atoms with van der Waals surface area (Å²) in [6, 6.07) is 2.13. The van der Waals surface area contributed by atoms with Crippen molar-refractivity contribution in [1.82, 2.24) is 15.1 Å². The summed E-state index contributed by atoms with van der Waals surface area (Å²) in [5.74, 6) is 0.611. The Labute approximate surface area is 110 Å². The van der Waals surface area contributed by atoms with E-state index in [1.807, 2.05) is 4.68 Å². The van der Waals surface area contributed by atoms with Crippen molar-refractivity contribution in [1.29, 1.82) is 0 Å². The molecule has 1 aromatic rings. The van der Waals surface area contributed by atoms with Crippen molar-refractivity contribution in [2.24, 2.45) is 5.92 Å². The summed E-state index contributed by atoms with van der Waals surface area (Å²) in [5.41, 5.74) is 2.31. The number of hydrogen-bond donors (Lipinski definition) is 2. The van der Waals surface area contributed by atoms with Crippen molar-refractivity contribution in [3.05, 3.63) is 17.5 Å². The second kappa shape index (κ2) is 7.54. The maximum Gasteiger partial charge on any atom is 0.0860 e. The molecule has 0 saturated heterocycles. The minimum Gasteiger partial charge on any atom is -0.390 e. The Hall–Kier alpha value is -0.870. The van der Waals surface area contributed by atoms with E-state index in [0.717, 1.165) is 25.1 Å². The largest absolute Gasteiger partial charge is 0.390 e. The molecule has 0 spiro atoms. The van der Waals surface area contributed by atoms with Crippen LogP contribution in [0, 0.1) is 5.92 Å². The zero-order chi connectivity index (χ0) is 13.5. The molecular formula is C14H27N3O. The van der Waals surface area contributed by atoms with Crippen LogP contribution in [-0.4, -0.2) is 34.1 Å². The van der Waals surface area contributed by atoms with Gasteiger partial charge in [0.25, 0.3) is 0 Å². The topological polar surface area (TPSA) is 50.1 Å². The summed E-state index contributed by atoms with van der Waals surface area (Å²) in [5, 5.41) is 17.8. The number of aryl methyl sites for hydroxylation is 2. The van der Waals surface area contributed by atoms with Crippen LogP contribution in [-0.2, 0) is 19.4 Å². The van der Waals surface area contributed by atoms with Gasteiger partial charge in [0.1, 0.15) is 0 Å². The summed E-state index contributed by atoms with van der Waals surface area (Å²) in [7, 11) is 0. The van der Waals surface area contributed by atoms with E-state index < -0.39 is 0 Å². The van der Waals surface area contributed by atoms with Gasteiger partial charge in [-0.2, -0.15) is 5.10 Å². The quantitative estimate of drug-likeness (QED) is 0.740. The van der Waals surface area contributed by atoms with Gasteiger partial charge < -0.3 is 10.4 Å². The molecule has 104 valence electrons. The van der Waals surface area contributed by atoms with Gasteiger partial charge in [0, 0.05) is 12.2 Å². The van der Waals surface area contributed by atoms with Gasteiger partial charge in [-0.1, -0.05) is 27.7 Å². The fraction of sp³-hybridized carbons (Fsp3) is 0.786. The minimum atomic E-state index is -0.376. The van der Waals surface area contributed by atoms with Crippen LogP contribution in [0.1, 0.15) is 39.1 Å². The lowest BCUT2D eigenvalue weighted by Gasteiger charge is -2.14. The van der Waals surface area contributed by atoms with Gasteiger partial charge in [0.2, 0.25) is 0 Å². The first-order valence-electron chi connectivity index (χ1n) is 7.01. The molecule has 0 fully saturated rings. The normalized spacial score (nSPS) is 13.2. The van der Waals surface area contributed by atoms with E-state index in [4.69, 9.17) is 0 Å². The summed E-state index contributed by atoms with van der Waals surface area (Å²) in [4.78, 5) is 0. The summed E-state index contributed by atoms with van der Waals surface area (Å²) < 4.78 is 1.94. The van der Waals surface area contributed by atoms with Crippen LogP contribution in [0.15, 0.2) is 6.07 Å². The third kappa shape index (κ3) is 4.78. The highest BCUT2D eigenvalue weighted by Gasteiger charge is 2.10. The Morgan fingerprint density at radius 2 is 2.00 bits per heavy atom. The molecule has 2 N–H and O–H groups in total. The predicted octanol–water partition coefficient (Wildman–Crippen LogP) is 1.61. The van der Waals surface area contributed by atoms with Crippen molar-refractivity contribution >= 4 is 0 Å². The lowest BCUT2D eigenvalue weighted by Crippen LogP contribution is -2.33. The molecule has 4 heteroatoms. The molecule has 0 aliphatic heterocycles. The Morgan fingerprint density at radius 1 is 1.28 bits per heavy atom. The molecule has 0 aliphatic carbocycles. The number of aromatic nitrogens is 2. The van der Waals surface area contributed by atoms with E-state index in [-0.39, 0.29) is 6.10 Å². The highest BCUT2D eigenvalue weighted by molar-refractivity contribution is 5.10. The van der Waals surface area contributed by atoms with E-state index in [1.54, 1.807) is 0 Å². The summed E-state index contributed by atoms with van der Waals surface area (Å²) in [6.07, 6.45) is 1.53. The molecule has 0 aliphatic rings. The first kappa shape index (κ1) is 15.2. The van der Waals surface area contributed by atoms with E-state index in [0.29, 0.717) is 19.0 Å². The molecule has 0 amide bonds. The van der Waals surface area contributed by atoms with Gasteiger partial charge in [0.05, 0.1) is 18.3 Å². The molecule has 1 aromatic heterocycles. The molecule has 1 atom stereocenters. The van der Waals surface area contributed by atoms with Gasteiger partial charge in [-0.05, 0) is 31.4 Å². The maximum absolute atomic E-state index is 9.99. The monoisotopic (exact) mass is 253 g/mol. The minimum absolute atomic E-state index is 0.376. The molecule has 0 radical (unpaired) electrons. The second-order valence-electron chi connectivity index (χ2n) is 5.22. The van der Waals surface area contributed by atoms with Gasteiger partial charge >= 0.3 is 0 Å². The molecule has 0 aromatic carbocycles. The van der Waals surface area contributed by atoms with Crippen LogP contribution >= 0.6 is 0 Å². The fourth-order valence-electron chi connectivity index (χ4n) is 1.93. The van der Waals surface area contributed by atoms with E-state index in [1.165, 1.54) is 5.69 Å². The smallest absolute Gasteiger partial charge is 0.0860 e. The van der Waals surface area contributed by atoms with Crippen molar-refractivity contribution in [2.75, 3.05) is 13.1 Å². The molecule has 18 heavy (non-hydrogen) atoms. The van der Waals surface area contributed by atoms with E-state index in [2.05, 4.69) is 44.2 Å². The molecule has 1 heterocycles. The molecule has 4 nitrogen and oxygen atoms in total. The predicted molar refractivity (Wildman–Crippen MR) is 74.7 cm³/mol. The van der Waals surface area contributed by atoms with Crippen LogP contribution in [0.3, 0.4) is 0 Å². The number of hydrogen-bond acceptors (Lipinski definition) is 3. The highest BCUT2D eigenvalue weighted by atomic mass is 16.3. The van der Waals surface area contributed by atoms with Crippen LogP contribution in [0.4, 0.5) is 0 Å². The third-order valence-electron chi connectivity index (χ3n) is 2.95. The van der Waals surface area contributed by atoms with Crippen LogP contribution < -0.4 is 5.32 Å². The standard InChI is InChI=1S/C14H27N3O/c1-5-12-7-13(6-2)17(16-12)10-14(18)9-15-8-11(3)4/h7,11,14-15,18H,5-6,8-10H2,1-4H3. The number of aliphatic hydroxyl groups excluding tert-OH is 1. The molecule has 1 unspecified atom stereocenters. The van der Waals surface area contributed by atoms with Crippen molar-refractivity contribution in [3.63, 3.8) is 0 Å². The Kier molecular flexibility index (Phi) is 6.36. The highest BCUT2D eigenvalue weighted by Crippen LogP contribution is 2.07. The Bertz CT molecular complexity index is 347.